The van der Waals surface area contributed by atoms with E-state index in [-0.39, 0.29) is 5.97 Å². The lowest BCUT2D eigenvalue weighted by molar-refractivity contribution is -0.143. The molecule has 0 saturated heterocycles. The van der Waals surface area contributed by atoms with E-state index in [2.05, 4.69) is 5.32 Å². The van der Waals surface area contributed by atoms with Crippen LogP contribution in [0, 0.1) is 6.92 Å². The molecule has 0 aliphatic heterocycles. The van der Waals surface area contributed by atoms with Gasteiger partial charge in [-0.3, -0.25) is 0 Å². The van der Waals surface area contributed by atoms with E-state index in [1.165, 1.54) is 7.11 Å². The average Bonchev–Trinajstić information content (AvgIpc) is 2.30. The first-order chi connectivity index (χ1) is 7.63. The summed E-state index contributed by atoms with van der Waals surface area (Å²) in [6, 6.07) is 5.20. The molecular weight excluding hydrogens is 206 g/mol. The standard InChI is InChI=1S/C12H17NO3/c1-8-5-6-10(15-3)9(7-8)11(13-2)12(14)16-4/h5-7,11,13H,1-4H3. The zero-order valence-corrected chi connectivity index (χ0v) is 10.0. The Morgan fingerprint density at radius 1 is 1.38 bits per heavy atom. The highest BCUT2D eigenvalue weighted by Gasteiger charge is 2.22. The first-order valence-electron chi connectivity index (χ1n) is 5.03. The van der Waals surface area contributed by atoms with Crippen LogP contribution in [0.15, 0.2) is 18.2 Å². The van der Waals surface area contributed by atoms with Gasteiger partial charge in [-0.2, -0.15) is 0 Å². The highest BCUT2D eigenvalue weighted by Crippen LogP contribution is 2.26. The number of methoxy groups -OCH3 is 2. The molecule has 4 heteroatoms. The van der Waals surface area contributed by atoms with Crippen molar-refractivity contribution in [3.8, 4) is 5.75 Å². The fraction of sp³-hybridized carbons (Fsp3) is 0.417. The molecule has 0 fully saturated rings. The van der Waals surface area contributed by atoms with Crippen LogP contribution < -0.4 is 10.1 Å². The number of likely N-dealkylation sites (N-methyl/N-ethyl adjacent to an activating group) is 1. The van der Waals surface area contributed by atoms with Gasteiger partial charge in [0.1, 0.15) is 11.8 Å². The molecule has 0 aliphatic carbocycles. The van der Waals surface area contributed by atoms with Crippen LogP contribution in [0.3, 0.4) is 0 Å². The number of hydrogen-bond donors (Lipinski definition) is 1. The lowest BCUT2D eigenvalue weighted by atomic mass is 10.0. The van der Waals surface area contributed by atoms with Gasteiger partial charge in [-0.25, -0.2) is 4.79 Å². The summed E-state index contributed by atoms with van der Waals surface area (Å²) in [5.74, 6) is 0.349. The van der Waals surface area contributed by atoms with Crippen LogP contribution >= 0.6 is 0 Å². The van der Waals surface area contributed by atoms with Crippen molar-refractivity contribution < 1.29 is 14.3 Å². The molecule has 1 N–H and O–H groups in total. The molecule has 0 aromatic heterocycles. The van der Waals surface area contributed by atoms with Crippen molar-refractivity contribution in [2.45, 2.75) is 13.0 Å². The number of hydrogen-bond acceptors (Lipinski definition) is 4. The van der Waals surface area contributed by atoms with Crippen LogP contribution in [-0.2, 0) is 9.53 Å². The second-order valence-electron chi connectivity index (χ2n) is 3.49. The van der Waals surface area contributed by atoms with E-state index in [9.17, 15) is 4.79 Å². The summed E-state index contributed by atoms with van der Waals surface area (Å²) in [4.78, 5) is 11.6. The highest BCUT2D eigenvalue weighted by molar-refractivity contribution is 5.78. The Balaban J connectivity index is 3.17. The van der Waals surface area contributed by atoms with Crippen LogP contribution in [-0.4, -0.2) is 27.2 Å². The summed E-state index contributed by atoms with van der Waals surface area (Å²) < 4.78 is 9.97. The normalized spacial score (nSPS) is 12.0. The Morgan fingerprint density at radius 3 is 2.56 bits per heavy atom. The van der Waals surface area contributed by atoms with Crippen molar-refractivity contribution in [1.29, 1.82) is 0 Å². The molecule has 88 valence electrons. The SMILES string of the molecule is CNC(C(=O)OC)c1cc(C)ccc1OC. The Hall–Kier alpha value is -1.55. The van der Waals surface area contributed by atoms with E-state index in [0.717, 1.165) is 11.1 Å². The first-order valence-corrected chi connectivity index (χ1v) is 5.03. The minimum atomic E-state index is -0.500. The first kappa shape index (κ1) is 12.5. The molecule has 0 aliphatic rings. The summed E-state index contributed by atoms with van der Waals surface area (Å²) in [5, 5.41) is 2.92. The summed E-state index contributed by atoms with van der Waals surface area (Å²) in [7, 11) is 4.66. The highest BCUT2D eigenvalue weighted by atomic mass is 16.5. The quantitative estimate of drug-likeness (QED) is 0.785. The van der Waals surface area contributed by atoms with Crippen molar-refractivity contribution in [2.75, 3.05) is 21.3 Å². The van der Waals surface area contributed by atoms with Crippen molar-refractivity contribution >= 4 is 5.97 Å². The smallest absolute Gasteiger partial charge is 0.327 e. The topological polar surface area (TPSA) is 47.6 Å². The zero-order chi connectivity index (χ0) is 12.1. The number of rotatable bonds is 4. The van der Waals surface area contributed by atoms with Gasteiger partial charge >= 0.3 is 5.97 Å². The van der Waals surface area contributed by atoms with Crippen LogP contribution in [0.4, 0.5) is 0 Å². The number of ether oxygens (including phenoxy) is 2. The lowest BCUT2D eigenvalue weighted by Crippen LogP contribution is -2.27. The van der Waals surface area contributed by atoms with Gasteiger partial charge in [0.05, 0.1) is 14.2 Å². The van der Waals surface area contributed by atoms with E-state index in [1.807, 2.05) is 25.1 Å². The van der Waals surface area contributed by atoms with E-state index in [0.29, 0.717) is 5.75 Å². The second kappa shape index (κ2) is 5.51. The third kappa shape index (κ3) is 2.52. The monoisotopic (exact) mass is 223 g/mol. The molecule has 1 aromatic rings. The van der Waals surface area contributed by atoms with Crippen LogP contribution in [0.1, 0.15) is 17.2 Å². The molecule has 0 amide bonds. The van der Waals surface area contributed by atoms with Crippen LogP contribution in [0.25, 0.3) is 0 Å². The lowest BCUT2D eigenvalue weighted by Gasteiger charge is -2.17. The molecule has 1 rings (SSSR count). The van der Waals surface area contributed by atoms with Gasteiger partial charge in [0.2, 0.25) is 0 Å². The fourth-order valence-electron chi connectivity index (χ4n) is 1.60. The number of nitrogens with one attached hydrogen (secondary N) is 1. The van der Waals surface area contributed by atoms with Crippen molar-refractivity contribution in [1.82, 2.24) is 5.32 Å². The second-order valence-corrected chi connectivity index (χ2v) is 3.49. The van der Waals surface area contributed by atoms with Crippen LogP contribution in [0.2, 0.25) is 0 Å². The van der Waals surface area contributed by atoms with Crippen LogP contribution in [0.5, 0.6) is 5.75 Å². The molecule has 0 radical (unpaired) electrons. The third-order valence-corrected chi connectivity index (χ3v) is 2.42. The van der Waals surface area contributed by atoms with Gasteiger partial charge < -0.3 is 14.8 Å². The fourth-order valence-corrected chi connectivity index (χ4v) is 1.60. The Kier molecular flexibility index (Phi) is 4.31. The Bertz CT molecular complexity index is 377. The molecule has 0 heterocycles. The molecule has 16 heavy (non-hydrogen) atoms. The Labute approximate surface area is 95.6 Å². The predicted molar refractivity (Wildman–Crippen MR) is 61.5 cm³/mol. The minimum Gasteiger partial charge on any atom is -0.496 e. The maximum Gasteiger partial charge on any atom is 0.327 e. The molecule has 4 nitrogen and oxygen atoms in total. The molecule has 1 atom stereocenters. The van der Waals surface area contributed by atoms with Crippen molar-refractivity contribution in [3.63, 3.8) is 0 Å². The Morgan fingerprint density at radius 2 is 2.06 bits per heavy atom. The van der Waals surface area contributed by atoms with Gasteiger partial charge in [-0.05, 0) is 20.0 Å². The molecule has 1 unspecified atom stereocenters. The molecule has 0 bridgehead atoms. The van der Waals surface area contributed by atoms with E-state index in [4.69, 9.17) is 9.47 Å². The van der Waals surface area contributed by atoms with Crippen molar-refractivity contribution in [3.05, 3.63) is 29.3 Å². The number of benzene rings is 1. The van der Waals surface area contributed by atoms with Gasteiger partial charge in [0, 0.05) is 5.56 Å². The van der Waals surface area contributed by atoms with Gasteiger partial charge in [-0.1, -0.05) is 17.7 Å². The summed E-state index contributed by atoms with van der Waals surface area (Å²) >= 11 is 0. The number of carbonyl (C=O) groups excluding carboxylic acids is 1. The molecule has 1 aromatic carbocycles. The third-order valence-electron chi connectivity index (χ3n) is 2.42. The molecule has 0 spiro atoms. The number of aryl methyl sites for hydroxylation is 1. The summed E-state index contributed by atoms with van der Waals surface area (Å²) in [6.07, 6.45) is 0. The number of carbonyl (C=O) groups is 1. The van der Waals surface area contributed by atoms with Gasteiger partial charge in [0.15, 0.2) is 0 Å². The maximum absolute atomic E-state index is 11.6. The summed E-state index contributed by atoms with van der Waals surface area (Å²) in [5.41, 5.74) is 1.86. The minimum absolute atomic E-state index is 0.327. The van der Waals surface area contributed by atoms with Gasteiger partial charge in [0.25, 0.3) is 0 Å². The van der Waals surface area contributed by atoms with Gasteiger partial charge in [-0.15, -0.1) is 0 Å². The maximum atomic E-state index is 11.6. The molecular formula is C12H17NO3. The van der Waals surface area contributed by atoms with E-state index >= 15 is 0 Å². The van der Waals surface area contributed by atoms with E-state index in [1.54, 1.807) is 14.2 Å². The summed E-state index contributed by atoms with van der Waals surface area (Å²) in [6.45, 7) is 1.97. The largest absolute Gasteiger partial charge is 0.496 e. The predicted octanol–water partition coefficient (Wildman–Crippen LogP) is 1.44. The number of esters is 1. The zero-order valence-electron chi connectivity index (χ0n) is 10.0. The average molecular weight is 223 g/mol. The van der Waals surface area contributed by atoms with E-state index < -0.39 is 6.04 Å². The molecule has 0 saturated carbocycles. The van der Waals surface area contributed by atoms with Crippen molar-refractivity contribution in [2.24, 2.45) is 0 Å².